The number of rotatable bonds is 7. The van der Waals surface area contributed by atoms with Crippen LogP contribution in [0.25, 0.3) is 0 Å². The number of nitrogens with zero attached hydrogens (tertiary/aromatic N) is 2. The van der Waals surface area contributed by atoms with Gasteiger partial charge in [-0.3, -0.25) is 14.5 Å². The topological polar surface area (TPSA) is 64.7 Å². The SMILES string of the molecule is Cc1ccc(NC(=O)CN2CCN(CCC(=O)Nc3cccc(Cl)c3)CC2)cc1. The first-order valence-electron chi connectivity index (χ1n) is 9.84. The van der Waals surface area contributed by atoms with Crippen LogP contribution in [0.1, 0.15) is 12.0 Å². The number of hydrogen-bond acceptors (Lipinski definition) is 4. The third-order valence-corrected chi connectivity index (χ3v) is 5.17. The van der Waals surface area contributed by atoms with Crippen LogP contribution in [0.4, 0.5) is 11.4 Å². The Kier molecular flexibility index (Phi) is 7.63. The molecule has 154 valence electrons. The maximum atomic E-state index is 12.2. The number of carbonyl (C=O) groups is 2. The van der Waals surface area contributed by atoms with Crippen LogP contribution in [0, 0.1) is 6.92 Å². The van der Waals surface area contributed by atoms with E-state index >= 15 is 0 Å². The van der Waals surface area contributed by atoms with E-state index in [0.29, 0.717) is 30.2 Å². The van der Waals surface area contributed by atoms with E-state index in [-0.39, 0.29) is 11.8 Å². The molecule has 1 heterocycles. The molecule has 6 nitrogen and oxygen atoms in total. The van der Waals surface area contributed by atoms with Crippen molar-refractivity contribution in [3.63, 3.8) is 0 Å². The third-order valence-electron chi connectivity index (χ3n) is 4.93. The second-order valence-electron chi connectivity index (χ2n) is 7.34. The summed E-state index contributed by atoms with van der Waals surface area (Å²) in [4.78, 5) is 28.8. The zero-order valence-corrected chi connectivity index (χ0v) is 17.4. The Bertz CT molecular complexity index is 833. The Morgan fingerprint density at radius 2 is 1.55 bits per heavy atom. The first kappa shape index (κ1) is 21.3. The molecular formula is C22H27ClN4O2. The van der Waals surface area contributed by atoms with Gasteiger partial charge in [0.1, 0.15) is 0 Å². The lowest BCUT2D eigenvalue weighted by molar-refractivity contribution is -0.117. The van der Waals surface area contributed by atoms with Gasteiger partial charge in [0.2, 0.25) is 11.8 Å². The van der Waals surface area contributed by atoms with Crippen molar-refractivity contribution in [2.75, 3.05) is 49.9 Å². The number of hydrogen-bond donors (Lipinski definition) is 2. The van der Waals surface area contributed by atoms with Gasteiger partial charge in [0.25, 0.3) is 0 Å². The molecule has 2 amide bonds. The Labute approximate surface area is 176 Å². The summed E-state index contributed by atoms with van der Waals surface area (Å²) in [5.41, 5.74) is 2.71. The second-order valence-corrected chi connectivity index (χ2v) is 7.78. The molecule has 1 aliphatic rings. The Hall–Kier alpha value is -2.41. The number of anilines is 2. The van der Waals surface area contributed by atoms with Crippen molar-refractivity contribution in [1.29, 1.82) is 0 Å². The van der Waals surface area contributed by atoms with E-state index in [0.717, 1.165) is 31.9 Å². The summed E-state index contributed by atoms with van der Waals surface area (Å²) in [7, 11) is 0. The average molecular weight is 415 g/mol. The molecule has 1 saturated heterocycles. The highest BCUT2D eigenvalue weighted by atomic mass is 35.5. The number of aryl methyl sites for hydroxylation is 1. The summed E-state index contributed by atoms with van der Waals surface area (Å²) in [5, 5.41) is 6.41. The lowest BCUT2D eigenvalue weighted by atomic mass is 10.2. The molecule has 7 heteroatoms. The standard InChI is InChI=1S/C22H27ClN4O2/c1-17-5-7-19(8-6-17)24-22(29)16-27-13-11-26(12-14-27)10-9-21(28)25-20-4-2-3-18(23)15-20/h2-8,15H,9-14,16H2,1H3,(H,24,29)(H,25,28). The molecule has 3 rings (SSSR count). The van der Waals surface area contributed by atoms with Gasteiger partial charge in [0.05, 0.1) is 6.54 Å². The number of benzene rings is 2. The van der Waals surface area contributed by atoms with Crippen LogP contribution in [0.5, 0.6) is 0 Å². The zero-order chi connectivity index (χ0) is 20.6. The maximum absolute atomic E-state index is 12.2. The molecule has 0 spiro atoms. The van der Waals surface area contributed by atoms with Crippen molar-refractivity contribution in [3.8, 4) is 0 Å². The lowest BCUT2D eigenvalue weighted by Gasteiger charge is -2.34. The van der Waals surface area contributed by atoms with Crippen LogP contribution in [0.3, 0.4) is 0 Å². The molecule has 0 bridgehead atoms. The average Bonchev–Trinajstić information content (AvgIpc) is 2.69. The molecular weight excluding hydrogens is 388 g/mol. The van der Waals surface area contributed by atoms with Crippen LogP contribution in [0.15, 0.2) is 48.5 Å². The highest BCUT2D eigenvalue weighted by molar-refractivity contribution is 6.30. The van der Waals surface area contributed by atoms with Crippen LogP contribution >= 0.6 is 11.6 Å². The molecule has 2 aromatic rings. The molecule has 0 aliphatic carbocycles. The fourth-order valence-corrected chi connectivity index (χ4v) is 3.45. The molecule has 1 fully saturated rings. The van der Waals surface area contributed by atoms with Gasteiger partial charge in [0.15, 0.2) is 0 Å². The zero-order valence-electron chi connectivity index (χ0n) is 16.7. The van der Waals surface area contributed by atoms with Gasteiger partial charge in [-0.15, -0.1) is 0 Å². The van der Waals surface area contributed by atoms with Crippen molar-refractivity contribution in [3.05, 3.63) is 59.1 Å². The van der Waals surface area contributed by atoms with E-state index in [4.69, 9.17) is 11.6 Å². The maximum Gasteiger partial charge on any atom is 0.238 e. The normalized spacial score (nSPS) is 15.1. The highest BCUT2D eigenvalue weighted by Gasteiger charge is 2.19. The minimum atomic E-state index is -0.0211. The molecule has 29 heavy (non-hydrogen) atoms. The summed E-state index contributed by atoms with van der Waals surface area (Å²) in [5.74, 6) is -0.0182. The third kappa shape index (κ3) is 7.16. The molecule has 0 saturated carbocycles. The predicted molar refractivity (Wildman–Crippen MR) is 117 cm³/mol. The van der Waals surface area contributed by atoms with Gasteiger partial charge in [0, 0.05) is 55.5 Å². The quantitative estimate of drug-likeness (QED) is 0.730. The molecule has 1 aliphatic heterocycles. The Morgan fingerprint density at radius 3 is 2.24 bits per heavy atom. The number of halogens is 1. The van der Waals surface area contributed by atoms with Gasteiger partial charge in [-0.05, 0) is 37.3 Å². The Morgan fingerprint density at radius 1 is 0.897 bits per heavy atom. The van der Waals surface area contributed by atoms with E-state index in [2.05, 4.69) is 20.4 Å². The molecule has 2 N–H and O–H groups in total. The molecule has 0 radical (unpaired) electrons. The first-order valence-corrected chi connectivity index (χ1v) is 10.2. The smallest absolute Gasteiger partial charge is 0.238 e. The van der Waals surface area contributed by atoms with Crippen molar-refractivity contribution < 1.29 is 9.59 Å². The number of nitrogens with one attached hydrogen (secondary N) is 2. The van der Waals surface area contributed by atoms with E-state index in [1.165, 1.54) is 5.56 Å². The largest absolute Gasteiger partial charge is 0.326 e. The van der Waals surface area contributed by atoms with Crippen LogP contribution < -0.4 is 10.6 Å². The van der Waals surface area contributed by atoms with Gasteiger partial charge in [-0.1, -0.05) is 35.4 Å². The first-order chi connectivity index (χ1) is 14.0. The van der Waals surface area contributed by atoms with E-state index < -0.39 is 0 Å². The van der Waals surface area contributed by atoms with Crippen molar-refractivity contribution >= 4 is 34.8 Å². The number of amides is 2. The van der Waals surface area contributed by atoms with Gasteiger partial charge in [-0.2, -0.15) is 0 Å². The Balaban J connectivity index is 1.34. The fraction of sp³-hybridized carbons (Fsp3) is 0.364. The van der Waals surface area contributed by atoms with E-state index in [1.807, 2.05) is 43.3 Å². The summed E-state index contributed by atoms with van der Waals surface area (Å²) >= 11 is 5.94. The fourth-order valence-electron chi connectivity index (χ4n) is 3.26. The summed E-state index contributed by atoms with van der Waals surface area (Å²) in [6, 6.07) is 14.9. The predicted octanol–water partition coefficient (Wildman–Crippen LogP) is 3.23. The highest BCUT2D eigenvalue weighted by Crippen LogP contribution is 2.15. The minimum absolute atomic E-state index is 0.00297. The monoisotopic (exact) mass is 414 g/mol. The van der Waals surface area contributed by atoms with Crippen LogP contribution in [-0.4, -0.2) is 60.9 Å². The second kappa shape index (κ2) is 10.4. The van der Waals surface area contributed by atoms with E-state index in [9.17, 15) is 9.59 Å². The number of carbonyl (C=O) groups excluding carboxylic acids is 2. The molecule has 2 aromatic carbocycles. The molecule has 0 unspecified atom stereocenters. The lowest BCUT2D eigenvalue weighted by Crippen LogP contribution is -2.49. The van der Waals surface area contributed by atoms with Crippen LogP contribution in [-0.2, 0) is 9.59 Å². The molecule has 0 atom stereocenters. The van der Waals surface area contributed by atoms with Gasteiger partial charge in [-0.25, -0.2) is 0 Å². The van der Waals surface area contributed by atoms with Gasteiger partial charge >= 0.3 is 0 Å². The van der Waals surface area contributed by atoms with E-state index in [1.54, 1.807) is 12.1 Å². The van der Waals surface area contributed by atoms with Crippen LogP contribution in [0.2, 0.25) is 5.02 Å². The number of piperazine rings is 1. The summed E-state index contributed by atoms with van der Waals surface area (Å²) in [6.45, 7) is 6.44. The summed E-state index contributed by atoms with van der Waals surface area (Å²) in [6.07, 6.45) is 0.431. The molecule has 0 aromatic heterocycles. The van der Waals surface area contributed by atoms with Gasteiger partial charge < -0.3 is 15.5 Å². The van der Waals surface area contributed by atoms with Crippen molar-refractivity contribution in [2.45, 2.75) is 13.3 Å². The van der Waals surface area contributed by atoms with Crippen molar-refractivity contribution in [2.24, 2.45) is 0 Å². The minimum Gasteiger partial charge on any atom is -0.326 e. The summed E-state index contributed by atoms with van der Waals surface area (Å²) < 4.78 is 0. The van der Waals surface area contributed by atoms with Crippen molar-refractivity contribution in [1.82, 2.24) is 9.80 Å².